The summed E-state index contributed by atoms with van der Waals surface area (Å²) in [6, 6.07) is 3.80. The van der Waals surface area contributed by atoms with Gasteiger partial charge < -0.3 is 15.2 Å². The number of carbonyl (C=O) groups excluding carboxylic acids is 1. The van der Waals surface area contributed by atoms with Crippen LogP contribution in [0.2, 0.25) is 0 Å². The Labute approximate surface area is 105 Å². The molecule has 18 heavy (non-hydrogen) atoms. The van der Waals surface area contributed by atoms with Crippen molar-refractivity contribution in [3.8, 4) is 0 Å². The Morgan fingerprint density at radius 2 is 2.39 bits per heavy atom. The summed E-state index contributed by atoms with van der Waals surface area (Å²) in [6.45, 7) is 1.09. The number of anilines is 1. The van der Waals surface area contributed by atoms with Gasteiger partial charge in [-0.15, -0.1) is 0 Å². The summed E-state index contributed by atoms with van der Waals surface area (Å²) < 4.78 is 23.4. The number of nitrogen functional groups attached to an aromatic ring is 1. The largest absolute Gasteiger partial charge is 0.462 e. The molecule has 0 saturated carbocycles. The highest BCUT2D eigenvalue weighted by Gasteiger charge is 2.16. The minimum atomic E-state index is -0.536. The van der Waals surface area contributed by atoms with Crippen molar-refractivity contribution in [1.29, 1.82) is 0 Å². The van der Waals surface area contributed by atoms with Gasteiger partial charge >= 0.3 is 5.97 Å². The Bertz CT molecular complexity index is 430. The molecule has 1 aliphatic heterocycles. The lowest BCUT2D eigenvalue weighted by Crippen LogP contribution is -2.13. The third-order valence-corrected chi connectivity index (χ3v) is 2.93. The Balaban J connectivity index is 1.81. The number of carbonyl (C=O) groups is 1. The molecular weight excluding hydrogens is 237 g/mol. The number of halogens is 1. The zero-order valence-corrected chi connectivity index (χ0v) is 10.0. The molecule has 0 radical (unpaired) electrons. The molecule has 1 unspecified atom stereocenters. The summed E-state index contributed by atoms with van der Waals surface area (Å²) in [7, 11) is 0. The second-order valence-electron chi connectivity index (χ2n) is 4.30. The average molecular weight is 253 g/mol. The van der Waals surface area contributed by atoms with E-state index < -0.39 is 11.8 Å². The summed E-state index contributed by atoms with van der Waals surface area (Å²) in [4.78, 5) is 11.6. The second-order valence-corrected chi connectivity index (χ2v) is 4.30. The summed E-state index contributed by atoms with van der Waals surface area (Å²) >= 11 is 0. The molecule has 1 aliphatic rings. The maximum Gasteiger partial charge on any atom is 0.338 e. The Morgan fingerprint density at radius 1 is 1.56 bits per heavy atom. The Hall–Kier alpha value is -1.62. The van der Waals surface area contributed by atoms with Crippen LogP contribution in [0.3, 0.4) is 0 Å². The van der Waals surface area contributed by atoms with Crippen molar-refractivity contribution in [2.75, 3.05) is 18.9 Å². The van der Waals surface area contributed by atoms with Gasteiger partial charge in [0.2, 0.25) is 0 Å². The number of esters is 1. The van der Waals surface area contributed by atoms with Crippen LogP contribution in [0.5, 0.6) is 0 Å². The fraction of sp³-hybridized carbons (Fsp3) is 0.462. The van der Waals surface area contributed by atoms with Crippen LogP contribution < -0.4 is 5.73 Å². The smallest absolute Gasteiger partial charge is 0.338 e. The Morgan fingerprint density at radius 3 is 3.06 bits per heavy atom. The number of hydrogen-bond donors (Lipinski definition) is 1. The van der Waals surface area contributed by atoms with E-state index in [2.05, 4.69) is 0 Å². The van der Waals surface area contributed by atoms with E-state index in [1.54, 1.807) is 0 Å². The van der Waals surface area contributed by atoms with Gasteiger partial charge in [-0.25, -0.2) is 9.18 Å². The normalized spacial score (nSPS) is 18.8. The number of benzene rings is 1. The second kappa shape index (κ2) is 5.82. The molecule has 2 rings (SSSR count). The van der Waals surface area contributed by atoms with E-state index in [-0.39, 0.29) is 17.4 Å². The van der Waals surface area contributed by atoms with Gasteiger partial charge in [0.1, 0.15) is 5.82 Å². The molecule has 2 N–H and O–H groups in total. The van der Waals surface area contributed by atoms with Crippen LogP contribution in [0.1, 0.15) is 29.6 Å². The summed E-state index contributed by atoms with van der Waals surface area (Å²) in [5, 5.41) is 0. The lowest BCUT2D eigenvalue weighted by molar-refractivity contribution is 0.0386. The van der Waals surface area contributed by atoms with Crippen LogP contribution in [0.15, 0.2) is 18.2 Å². The van der Waals surface area contributed by atoms with Crippen molar-refractivity contribution in [2.45, 2.75) is 25.4 Å². The standard InChI is InChI=1S/C13H16FNO3/c14-11-4-3-9(8-12(11)15)13(16)18-7-5-10-2-1-6-17-10/h3-4,8,10H,1-2,5-7,15H2. The van der Waals surface area contributed by atoms with Gasteiger partial charge in [-0.2, -0.15) is 0 Å². The summed E-state index contributed by atoms with van der Waals surface area (Å²) in [5.41, 5.74) is 5.60. The van der Waals surface area contributed by atoms with E-state index in [1.807, 2.05) is 0 Å². The first-order valence-corrected chi connectivity index (χ1v) is 6.00. The fourth-order valence-corrected chi connectivity index (χ4v) is 1.91. The number of ether oxygens (including phenoxy) is 2. The van der Waals surface area contributed by atoms with Crippen molar-refractivity contribution >= 4 is 11.7 Å². The lowest BCUT2D eigenvalue weighted by Gasteiger charge is -2.09. The van der Waals surface area contributed by atoms with Crippen molar-refractivity contribution in [1.82, 2.24) is 0 Å². The van der Waals surface area contributed by atoms with Crippen LogP contribution in [-0.4, -0.2) is 25.3 Å². The fourth-order valence-electron chi connectivity index (χ4n) is 1.91. The van der Waals surface area contributed by atoms with E-state index in [0.29, 0.717) is 13.0 Å². The van der Waals surface area contributed by atoms with Gasteiger partial charge in [0.05, 0.1) is 24.0 Å². The maximum atomic E-state index is 12.9. The molecule has 1 aromatic rings. The molecule has 1 saturated heterocycles. The third-order valence-electron chi connectivity index (χ3n) is 2.93. The predicted octanol–water partition coefficient (Wildman–Crippen LogP) is 2.13. The van der Waals surface area contributed by atoms with Crippen molar-refractivity contribution in [3.63, 3.8) is 0 Å². The van der Waals surface area contributed by atoms with Gasteiger partial charge in [0, 0.05) is 13.0 Å². The van der Waals surface area contributed by atoms with Crippen molar-refractivity contribution < 1.29 is 18.7 Å². The van der Waals surface area contributed by atoms with Crippen LogP contribution >= 0.6 is 0 Å². The van der Waals surface area contributed by atoms with Gasteiger partial charge in [0.25, 0.3) is 0 Å². The predicted molar refractivity (Wildman–Crippen MR) is 64.7 cm³/mol. The van der Waals surface area contributed by atoms with Gasteiger partial charge in [-0.05, 0) is 31.0 Å². The zero-order chi connectivity index (χ0) is 13.0. The van der Waals surface area contributed by atoms with E-state index in [9.17, 15) is 9.18 Å². The monoisotopic (exact) mass is 253 g/mol. The first-order valence-electron chi connectivity index (χ1n) is 6.00. The van der Waals surface area contributed by atoms with Crippen LogP contribution in [-0.2, 0) is 9.47 Å². The van der Waals surface area contributed by atoms with Crippen LogP contribution in [0, 0.1) is 5.82 Å². The van der Waals surface area contributed by atoms with Crippen LogP contribution in [0.4, 0.5) is 10.1 Å². The molecule has 0 aliphatic carbocycles. The number of rotatable bonds is 4. The molecule has 0 bridgehead atoms. The Kier molecular flexibility index (Phi) is 4.15. The quantitative estimate of drug-likeness (QED) is 0.659. The molecule has 1 atom stereocenters. The molecule has 4 nitrogen and oxygen atoms in total. The molecular formula is C13H16FNO3. The van der Waals surface area contributed by atoms with Gasteiger partial charge in [-0.3, -0.25) is 0 Å². The van der Waals surface area contributed by atoms with Gasteiger partial charge in [-0.1, -0.05) is 0 Å². The molecule has 5 heteroatoms. The van der Waals surface area contributed by atoms with E-state index in [1.165, 1.54) is 12.1 Å². The minimum Gasteiger partial charge on any atom is -0.462 e. The first kappa shape index (κ1) is 12.8. The molecule has 1 aromatic carbocycles. The third kappa shape index (κ3) is 3.20. The molecule has 98 valence electrons. The van der Waals surface area contributed by atoms with Gasteiger partial charge in [0.15, 0.2) is 0 Å². The molecule has 0 aromatic heterocycles. The van der Waals surface area contributed by atoms with Crippen LogP contribution in [0.25, 0.3) is 0 Å². The lowest BCUT2D eigenvalue weighted by atomic mass is 10.2. The summed E-state index contributed by atoms with van der Waals surface area (Å²) in [5.74, 6) is -1.02. The molecule has 1 heterocycles. The van der Waals surface area contributed by atoms with E-state index in [0.717, 1.165) is 25.5 Å². The molecule has 0 amide bonds. The summed E-state index contributed by atoms with van der Waals surface area (Å²) in [6.07, 6.45) is 2.97. The highest BCUT2D eigenvalue weighted by molar-refractivity contribution is 5.90. The maximum absolute atomic E-state index is 12.9. The van der Waals surface area contributed by atoms with E-state index >= 15 is 0 Å². The highest BCUT2D eigenvalue weighted by Crippen LogP contribution is 2.16. The molecule has 0 spiro atoms. The number of nitrogens with two attached hydrogens (primary N) is 1. The topological polar surface area (TPSA) is 61.6 Å². The average Bonchev–Trinajstić information content (AvgIpc) is 2.85. The van der Waals surface area contributed by atoms with Crippen molar-refractivity contribution in [3.05, 3.63) is 29.6 Å². The zero-order valence-electron chi connectivity index (χ0n) is 10.0. The minimum absolute atomic E-state index is 0.0522. The highest BCUT2D eigenvalue weighted by atomic mass is 19.1. The SMILES string of the molecule is Nc1cc(C(=O)OCCC2CCCO2)ccc1F. The molecule has 1 fully saturated rings. The number of hydrogen-bond acceptors (Lipinski definition) is 4. The first-order chi connectivity index (χ1) is 8.66. The van der Waals surface area contributed by atoms with Crippen molar-refractivity contribution in [2.24, 2.45) is 0 Å². The van der Waals surface area contributed by atoms with E-state index in [4.69, 9.17) is 15.2 Å².